The number of nitrogens with zero attached hydrogens (tertiary/aromatic N) is 1. The molecule has 3 rings (SSSR count). The van der Waals surface area contributed by atoms with E-state index in [1.165, 1.54) is 36.4 Å². The highest BCUT2D eigenvalue weighted by Gasteiger charge is 2.36. The zero-order valence-electron chi connectivity index (χ0n) is 11.2. The second-order valence-corrected chi connectivity index (χ2v) is 4.56. The summed E-state index contributed by atoms with van der Waals surface area (Å²) in [6.45, 7) is 0. The summed E-state index contributed by atoms with van der Waals surface area (Å²) in [6, 6.07) is 10.6. The fraction of sp³-hybridized carbons (Fsp3) is 0. The van der Waals surface area contributed by atoms with Crippen LogP contribution in [-0.2, 0) is 0 Å². The lowest BCUT2D eigenvalue weighted by atomic mass is 10.1. The molecule has 1 aliphatic heterocycles. The number of rotatable bonds is 2. The normalized spacial score (nSPS) is 13.0. The Morgan fingerprint density at radius 3 is 2.00 bits per heavy atom. The molecule has 6 nitrogen and oxygen atoms in total. The molecule has 1 heterocycles. The molecular weight excluding hydrogens is 289 g/mol. The van der Waals surface area contributed by atoms with Crippen LogP contribution in [0.4, 0.5) is 14.9 Å². The van der Waals surface area contributed by atoms with Crippen LogP contribution in [0.2, 0.25) is 0 Å². The third kappa shape index (κ3) is 2.39. The summed E-state index contributed by atoms with van der Waals surface area (Å²) in [5.74, 6) is -1.64. The molecule has 4 amide bonds. The third-order valence-corrected chi connectivity index (χ3v) is 3.11. The van der Waals surface area contributed by atoms with Gasteiger partial charge < -0.3 is 5.32 Å². The van der Waals surface area contributed by atoms with Gasteiger partial charge in [-0.1, -0.05) is 12.1 Å². The average Bonchev–Trinajstić information content (AvgIpc) is 2.75. The largest absolute Gasteiger partial charge is 0.338 e. The second kappa shape index (κ2) is 5.28. The number of hydrazine groups is 1. The van der Waals surface area contributed by atoms with Gasteiger partial charge in [-0.15, -0.1) is 0 Å². The molecule has 2 N–H and O–H groups in total. The maximum atomic E-state index is 12.8. The highest BCUT2D eigenvalue weighted by atomic mass is 19.1. The Morgan fingerprint density at radius 2 is 1.45 bits per heavy atom. The fourth-order valence-electron chi connectivity index (χ4n) is 2.08. The van der Waals surface area contributed by atoms with Gasteiger partial charge in [0.25, 0.3) is 11.8 Å². The number of amides is 4. The summed E-state index contributed by atoms with van der Waals surface area (Å²) < 4.78 is 12.8. The number of halogens is 1. The van der Waals surface area contributed by atoms with E-state index >= 15 is 0 Å². The molecule has 0 saturated heterocycles. The lowest BCUT2D eigenvalue weighted by Gasteiger charge is -2.15. The number of carbonyl (C=O) groups is 3. The second-order valence-electron chi connectivity index (χ2n) is 4.56. The Hall–Kier alpha value is -3.22. The molecule has 0 aromatic heterocycles. The molecular formula is C15H10FN3O3. The lowest BCUT2D eigenvalue weighted by molar-refractivity contribution is 0.0592. The topological polar surface area (TPSA) is 78.5 Å². The van der Waals surface area contributed by atoms with Crippen molar-refractivity contribution in [1.29, 1.82) is 0 Å². The predicted octanol–water partition coefficient (Wildman–Crippen LogP) is 2.16. The summed E-state index contributed by atoms with van der Waals surface area (Å²) in [4.78, 5) is 35.9. The molecule has 2 aromatic carbocycles. The molecule has 7 heteroatoms. The molecule has 1 aliphatic rings. The molecule has 0 fully saturated rings. The van der Waals surface area contributed by atoms with Gasteiger partial charge in [0, 0.05) is 5.69 Å². The van der Waals surface area contributed by atoms with Gasteiger partial charge in [-0.05, 0) is 36.4 Å². The number of anilines is 1. The first-order valence-corrected chi connectivity index (χ1v) is 6.37. The first-order valence-electron chi connectivity index (χ1n) is 6.37. The predicted molar refractivity (Wildman–Crippen MR) is 75.5 cm³/mol. The summed E-state index contributed by atoms with van der Waals surface area (Å²) in [5, 5.41) is 3.04. The van der Waals surface area contributed by atoms with Crippen molar-refractivity contribution in [2.45, 2.75) is 0 Å². The van der Waals surface area contributed by atoms with Crippen molar-refractivity contribution in [3.63, 3.8) is 0 Å². The molecule has 0 radical (unpaired) electrons. The Bertz CT molecular complexity index is 739. The van der Waals surface area contributed by atoms with Crippen molar-refractivity contribution in [3.8, 4) is 0 Å². The van der Waals surface area contributed by atoms with Gasteiger partial charge in [0.05, 0.1) is 11.1 Å². The van der Waals surface area contributed by atoms with Crippen LogP contribution in [0.5, 0.6) is 0 Å². The minimum atomic E-state index is -0.777. The standard InChI is InChI=1S/C15H10FN3O3/c16-9-5-7-10(8-6-9)17-15(22)18-19-13(20)11-3-1-2-4-12(11)14(19)21/h1-8H,(H2,17,18,22). The Kier molecular flexibility index (Phi) is 3.30. The zero-order chi connectivity index (χ0) is 15.7. The van der Waals surface area contributed by atoms with E-state index < -0.39 is 23.7 Å². The van der Waals surface area contributed by atoms with Crippen molar-refractivity contribution in [2.75, 3.05) is 5.32 Å². The number of imide groups is 1. The van der Waals surface area contributed by atoms with E-state index in [0.29, 0.717) is 10.7 Å². The molecule has 0 bridgehead atoms. The summed E-state index contributed by atoms with van der Waals surface area (Å²) in [6.07, 6.45) is 0. The SMILES string of the molecule is O=C(Nc1ccc(F)cc1)NN1C(=O)c2ccccc2C1=O. The number of hydrogen-bond donors (Lipinski definition) is 2. The zero-order valence-corrected chi connectivity index (χ0v) is 11.2. The smallest absolute Gasteiger partial charge is 0.307 e. The molecule has 2 aromatic rings. The molecule has 0 aliphatic carbocycles. The van der Waals surface area contributed by atoms with Gasteiger partial charge in [0.2, 0.25) is 0 Å². The van der Waals surface area contributed by atoms with Crippen LogP contribution < -0.4 is 10.7 Å². The van der Waals surface area contributed by atoms with Crippen molar-refractivity contribution in [3.05, 3.63) is 65.5 Å². The van der Waals surface area contributed by atoms with E-state index in [9.17, 15) is 18.8 Å². The average molecular weight is 299 g/mol. The number of benzene rings is 2. The highest BCUT2D eigenvalue weighted by Crippen LogP contribution is 2.20. The van der Waals surface area contributed by atoms with Gasteiger partial charge in [0.15, 0.2) is 0 Å². The van der Waals surface area contributed by atoms with E-state index in [0.717, 1.165) is 0 Å². The number of urea groups is 1. The fourth-order valence-corrected chi connectivity index (χ4v) is 2.08. The van der Waals surface area contributed by atoms with Crippen molar-refractivity contribution in [2.24, 2.45) is 0 Å². The van der Waals surface area contributed by atoms with E-state index in [-0.39, 0.29) is 11.1 Å². The number of carbonyl (C=O) groups excluding carboxylic acids is 3. The van der Waals surface area contributed by atoms with Crippen molar-refractivity contribution in [1.82, 2.24) is 10.4 Å². The van der Waals surface area contributed by atoms with Gasteiger partial charge in [0.1, 0.15) is 5.82 Å². The molecule has 22 heavy (non-hydrogen) atoms. The first kappa shape index (κ1) is 13.7. The third-order valence-electron chi connectivity index (χ3n) is 3.11. The van der Waals surface area contributed by atoms with Crippen LogP contribution >= 0.6 is 0 Å². The first-order chi connectivity index (χ1) is 10.6. The van der Waals surface area contributed by atoms with Crippen LogP contribution in [0, 0.1) is 5.82 Å². The van der Waals surface area contributed by atoms with Crippen LogP contribution in [-0.4, -0.2) is 22.9 Å². The molecule has 0 saturated carbocycles. The van der Waals surface area contributed by atoms with Gasteiger partial charge in [-0.25, -0.2) is 14.6 Å². The lowest BCUT2D eigenvalue weighted by Crippen LogP contribution is -2.47. The summed E-state index contributed by atoms with van der Waals surface area (Å²) in [7, 11) is 0. The van der Waals surface area contributed by atoms with Crippen molar-refractivity contribution >= 4 is 23.5 Å². The van der Waals surface area contributed by atoms with E-state index in [2.05, 4.69) is 10.7 Å². The van der Waals surface area contributed by atoms with E-state index in [1.54, 1.807) is 12.1 Å². The van der Waals surface area contributed by atoms with Crippen LogP contribution in [0.25, 0.3) is 0 Å². The monoisotopic (exact) mass is 299 g/mol. The molecule has 0 spiro atoms. The Labute approximate surface area is 124 Å². The number of fused-ring (bicyclic) bond motifs is 1. The van der Waals surface area contributed by atoms with E-state index in [4.69, 9.17) is 0 Å². The van der Waals surface area contributed by atoms with Gasteiger partial charge >= 0.3 is 6.03 Å². The quantitative estimate of drug-likeness (QED) is 0.834. The summed E-state index contributed by atoms with van der Waals surface area (Å²) in [5.41, 5.74) is 2.97. The van der Waals surface area contributed by atoms with Crippen LogP contribution in [0.15, 0.2) is 48.5 Å². The minimum Gasteiger partial charge on any atom is -0.307 e. The minimum absolute atomic E-state index is 0.231. The van der Waals surface area contributed by atoms with Crippen LogP contribution in [0.3, 0.4) is 0 Å². The van der Waals surface area contributed by atoms with Gasteiger partial charge in [-0.2, -0.15) is 5.01 Å². The summed E-state index contributed by atoms with van der Waals surface area (Å²) >= 11 is 0. The molecule has 0 unspecified atom stereocenters. The number of nitrogens with one attached hydrogen (secondary N) is 2. The van der Waals surface area contributed by atoms with Crippen molar-refractivity contribution < 1.29 is 18.8 Å². The number of hydrogen-bond acceptors (Lipinski definition) is 3. The maximum Gasteiger partial charge on any atom is 0.338 e. The molecule has 110 valence electrons. The molecule has 0 atom stereocenters. The van der Waals surface area contributed by atoms with E-state index in [1.807, 2.05) is 0 Å². The highest BCUT2D eigenvalue weighted by molar-refractivity contribution is 6.21. The Morgan fingerprint density at radius 1 is 0.909 bits per heavy atom. The van der Waals surface area contributed by atoms with Gasteiger partial charge in [-0.3, -0.25) is 9.59 Å². The van der Waals surface area contributed by atoms with Crippen LogP contribution in [0.1, 0.15) is 20.7 Å². The maximum absolute atomic E-state index is 12.8. The Balaban J connectivity index is 1.71.